The summed E-state index contributed by atoms with van der Waals surface area (Å²) in [5.74, 6) is 0.334. The monoisotopic (exact) mass is 347 g/mol. The molecule has 0 aliphatic heterocycles. The largest absolute Gasteiger partial charge is 0.490 e. The Hall–Kier alpha value is -2.24. The van der Waals surface area contributed by atoms with E-state index in [-0.39, 0.29) is 11.9 Å². The molecule has 1 atom stereocenters. The molecule has 1 aromatic rings. The lowest BCUT2D eigenvalue weighted by molar-refractivity contribution is -0.139. The van der Waals surface area contributed by atoms with Gasteiger partial charge in [-0.15, -0.1) is 0 Å². The Morgan fingerprint density at radius 1 is 1.20 bits per heavy atom. The number of carbonyl (C=O) groups is 2. The second-order valence-electron chi connectivity index (χ2n) is 6.80. The Labute approximate surface area is 147 Å². The van der Waals surface area contributed by atoms with Crippen LogP contribution in [-0.4, -0.2) is 47.2 Å². The van der Waals surface area contributed by atoms with Crippen molar-refractivity contribution in [3.63, 3.8) is 0 Å². The summed E-state index contributed by atoms with van der Waals surface area (Å²) in [6.07, 6.45) is 4.54. The molecule has 0 saturated heterocycles. The average molecular weight is 347 g/mol. The van der Waals surface area contributed by atoms with Gasteiger partial charge in [-0.3, -0.25) is 4.79 Å². The van der Waals surface area contributed by atoms with Crippen LogP contribution in [0.4, 0.5) is 0 Å². The fourth-order valence-electron chi connectivity index (χ4n) is 3.16. The van der Waals surface area contributed by atoms with Crippen LogP contribution in [0.15, 0.2) is 18.2 Å². The molecule has 0 aromatic heterocycles. The third-order valence-electron chi connectivity index (χ3n) is 4.76. The van der Waals surface area contributed by atoms with Gasteiger partial charge in [-0.25, -0.2) is 4.79 Å². The number of hydrogen-bond acceptors (Lipinski definition) is 4. The first-order valence-electron chi connectivity index (χ1n) is 8.95. The Bertz CT molecular complexity index is 651. The van der Waals surface area contributed by atoms with E-state index in [1.807, 2.05) is 11.8 Å². The molecule has 1 aromatic carbocycles. The molecule has 0 spiro atoms. The standard InChI is InChI=1S/C19H25NO5/c1-3-24-17-10-14(6-9-16(17)25-11-18(21)22)19(23)20(15-7-8-15)12(2)13-4-5-13/h6,9-10,12-13,15H,3-5,7-8,11H2,1-2H3,(H,21,22). The van der Waals surface area contributed by atoms with Gasteiger partial charge in [-0.1, -0.05) is 0 Å². The summed E-state index contributed by atoms with van der Waals surface area (Å²) >= 11 is 0. The minimum absolute atomic E-state index is 0.0210. The lowest BCUT2D eigenvalue weighted by Gasteiger charge is -2.30. The summed E-state index contributed by atoms with van der Waals surface area (Å²) in [7, 11) is 0. The molecule has 0 radical (unpaired) electrons. The second-order valence-corrected chi connectivity index (χ2v) is 6.80. The quantitative estimate of drug-likeness (QED) is 0.743. The van der Waals surface area contributed by atoms with Crippen molar-refractivity contribution < 1.29 is 24.2 Å². The van der Waals surface area contributed by atoms with E-state index < -0.39 is 12.6 Å². The Kier molecular flexibility index (Phi) is 5.16. The van der Waals surface area contributed by atoms with Crippen LogP contribution in [0.1, 0.15) is 49.9 Å². The van der Waals surface area contributed by atoms with Crippen LogP contribution in [0.3, 0.4) is 0 Å². The number of carboxylic acids is 1. The van der Waals surface area contributed by atoms with E-state index in [1.54, 1.807) is 18.2 Å². The van der Waals surface area contributed by atoms with Crippen molar-refractivity contribution in [2.75, 3.05) is 13.2 Å². The highest BCUT2D eigenvalue weighted by atomic mass is 16.5. The number of hydrogen-bond donors (Lipinski definition) is 1. The fourth-order valence-corrected chi connectivity index (χ4v) is 3.16. The molecule has 2 aliphatic rings. The minimum atomic E-state index is -1.05. The zero-order chi connectivity index (χ0) is 18.0. The lowest BCUT2D eigenvalue weighted by atomic mass is 10.1. The first kappa shape index (κ1) is 17.6. The Balaban J connectivity index is 1.81. The molecule has 2 saturated carbocycles. The first-order chi connectivity index (χ1) is 12.0. The van der Waals surface area contributed by atoms with Crippen LogP contribution < -0.4 is 9.47 Å². The number of nitrogens with zero attached hydrogens (tertiary/aromatic N) is 1. The highest BCUT2D eigenvalue weighted by Gasteiger charge is 2.42. The van der Waals surface area contributed by atoms with E-state index in [4.69, 9.17) is 14.6 Å². The highest BCUT2D eigenvalue weighted by Crippen LogP contribution is 2.41. The summed E-state index contributed by atoms with van der Waals surface area (Å²) in [6, 6.07) is 5.59. The Morgan fingerprint density at radius 2 is 1.92 bits per heavy atom. The molecular formula is C19H25NO5. The smallest absolute Gasteiger partial charge is 0.341 e. The maximum atomic E-state index is 13.1. The van der Waals surface area contributed by atoms with Gasteiger partial charge in [0.1, 0.15) is 0 Å². The van der Waals surface area contributed by atoms with Gasteiger partial charge in [-0.05, 0) is 63.6 Å². The summed E-state index contributed by atoms with van der Waals surface area (Å²) in [6.45, 7) is 3.94. The molecular weight excluding hydrogens is 322 g/mol. The molecule has 136 valence electrons. The van der Waals surface area contributed by atoms with Crippen LogP contribution in [0, 0.1) is 5.92 Å². The van der Waals surface area contributed by atoms with Crippen LogP contribution in [0.5, 0.6) is 11.5 Å². The Morgan fingerprint density at radius 3 is 2.48 bits per heavy atom. The van der Waals surface area contributed by atoms with Crippen molar-refractivity contribution in [1.29, 1.82) is 0 Å². The number of carboxylic acid groups (broad SMARTS) is 1. The van der Waals surface area contributed by atoms with E-state index in [0.29, 0.717) is 35.6 Å². The van der Waals surface area contributed by atoms with E-state index in [1.165, 1.54) is 12.8 Å². The van der Waals surface area contributed by atoms with Crippen molar-refractivity contribution in [1.82, 2.24) is 4.90 Å². The van der Waals surface area contributed by atoms with Crippen molar-refractivity contribution in [3.8, 4) is 11.5 Å². The number of aliphatic carboxylic acids is 1. The number of rotatable bonds is 9. The summed E-state index contributed by atoms with van der Waals surface area (Å²) in [4.78, 5) is 25.8. The van der Waals surface area contributed by atoms with Gasteiger partial charge in [0.15, 0.2) is 18.1 Å². The summed E-state index contributed by atoms with van der Waals surface area (Å²) < 4.78 is 10.8. The maximum Gasteiger partial charge on any atom is 0.341 e. The third kappa shape index (κ3) is 4.24. The van der Waals surface area contributed by atoms with Crippen LogP contribution in [0.25, 0.3) is 0 Å². The molecule has 0 bridgehead atoms. The van der Waals surface area contributed by atoms with Crippen LogP contribution >= 0.6 is 0 Å². The van der Waals surface area contributed by atoms with E-state index in [0.717, 1.165) is 12.8 Å². The summed E-state index contributed by atoms with van der Waals surface area (Å²) in [5.41, 5.74) is 0.561. The van der Waals surface area contributed by atoms with Gasteiger partial charge in [0.2, 0.25) is 0 Å². The topological polar surface area (TPSA) is 76.1 Å². The SMILES string of the molecule is CCOc1cc(C(=O)N(C2CC2)C(C)C2CC2)ccc1OCC(=O)O. The fraction of sp³-hybridized carbons (Fsp3) is 0.579. The van der Waals surface area contributed by atoms with E-state index >= 15 is 0 Å². The predicted molar refractivity (Wildman–Crippen MR) is 92.1 cm³/mol. The molecule has 6 heteroatoms. The van der Waals surface area contributed by atoms with E-state index in [2.05, 4.69) is 6.92 Å². The normalized spacial score (nSPS) is 17.7. The number of benzene rings is 1. The van der Waals surface area contributed by atoms with Crippen LogP contribution in [0.2, 0.25) is 0 Å². The zero-order valence-electron chi connectivity index (χ0n) is 14.7. The minimum Gasteiger partial charge on any atom is -0.490 e. The average Bonchev–Trinajstić information content (AvgIpc) is 3.46. The zero-order valence-corrected chi connectivity index (χ0v) is 14.7. The van der Waals surface area contributed by atoms with Crippen molar-refractivity contribution in [2.45, 2.75) is 51.6 Å². The van der Waals surface area contributed by atoms with Gasteiger partial charge in [0.05, 0.1) is 6.61 Å². The van der Waals surface area contributed by atoms with Gasteiger partial charge in [0, 0.05) is 17.6 Å². The molecule has 3 rings (SSSR count). The third-order valence-corrected chi connectivity index (χ3v) is 4.76. The molecule has 2 fully saturated rings. The van der Waals surface area contributed by atoms with Crippen LogP contribution in [-0.2, 0) is 4.79 Å². The maximum absolute atomic E-state index is 13.1. The number of amides is 1. The highest BCUT2D eigenvalue weighted by molar-refractivity contribution is 5.95. The number of carbonyl (C=O) groups excluding carboxylic acids is 1. The molecule has 6 nitrogen and oxygen atoms in total. The molecule has 25 heavy (non-hydrogen) atoms. The molecule has 1 amide bonds. The van der Waals surface area contributed by atoms with Crippen molar-refractivity contribution >= 4 is 11.9 Å². The van der Waals surface area contributed by atoms with Gasteiger partial charge in [0.25, 0.3) is 5.91 Å². The lowest BCUT2D eigenvalue weighted by Crippen LogP contribution is -2.41. The predicted octanol–water partition coefficient (Wildman–Crippen LogP) is 2.95. The molecule has 2 aliphatic carbocycles. The second kappa shape index (κ2) is 7.33. The summed E-state index contributed by atoms with van der Waals surface area (Å²) in [5, 5.41) is 8.77. The van der Waals surface area contributed by atoms with Gasteiger partial charge >= 0.3 is 5.97 Å². The molecule has 1 unspecified atom stereocenters. The van der Waals surface area contributed by atoms with Crippen molar-refractivity contribution in [3.05, 3.63) is 23.8 Å². The first-order valence-corrected chi connectivity index (χ1v) is 8.95. The number of ether oxygens (including phenoxy) is 2. The van der Waals surface area contributed by atoms with Gasteiger partial charge in [-0.2, -0.15) is 0 Å². The van der Waals surface area contributed by atoms with E-state index in [9.17, 15) is 9.59 Å². The van der Waals surface area contributed by atoms with Crippen molar-refractivity contribution in [2.24, 2.45) is 5.92 Å². The van der Waals surface area contributed by atoms with Gasteiger partial charge < -0.3 is 19.5 Å². The molecule has 1 N–H and O–H groups in total. The molecule has 0 heterocycles.